The van der Waals surface area contributed by atoms with E-state index in [4.69, 9.17) is 10.4 Å². The molecule has 0 radical (unpaired) electrons. The van der Waals surface area contributed by atoms with Gasteiger partial charge in [0.15, 0.2) is 0 Å². The minimum absolute atomic E-state index is 0.0624. The number of nitrogens with zero attached hydrogens (tertiary/aromatic N) is 2. The molecule has 0 aliphatic heterocycles. The van der Waals surface area contributed by atoms with Crippen molar-refractivity contribution in [2.45, 2.75) is 38.3 Å². The van der Waals surface area contributed by atoms with Crippen molar-refractivity contribution in [2.24, 2.45) is 0 Å². The summed E-state index contributed by atoms with van der Waals surface area (Å²) in [6, 6.07) is 10.4. The molecule has 19 heavy (non-hydrogen) atoms. The zero-order chi connectivity index (χ0) is 13.7. The van der Waals surface area contributed by atoms with Gasteiger partial charge in [-0.25, -0.2) is 0 Å². The van der Waals surface area contributed by atoms with E-state index >= 15 is 0 Å². The number of benzene rings is 1. The molecule has 0 aromatic heterocycles. The van der Waals surface area contributed by atoms with Gasteiger partial charge in [-0.05, 0) is 24.0 Å². The van der Waals surface area contributed by atoms with Gasteiger partial charge in [0.25, 0.3) is 0 Å². The number of carboxylic acids is 1. The molecule has 1 fully saturated rings. The number of rotatable bonds is 7. The first-order chi connectivity index (χ1) is 9.20. The summed E-state index contributed by atoms with van der Waals surface area (Å²) in [7, 11) is 0. The van der Waals surface area contributed by atoms with Gasteiger partial charge in [-0.1, -0.05) is 24.3 Å². The largest absolute Gasteiger partial charge is 0.481 e. The first-order valence-electron chi connectivity index (χ1n) is 6.60. The Kier molecular flexibility index (Phi) is 4.53. The molecule has 2 rings (SSSR count). The van der Waals surface area contributed by atoms with Crippen LogP contribution in [0.25, 0.3) is 0 Å². The van der Waals surface area contributed by atoms with Gasteiger partial charge in [-0.15, -0.1) is 0 Å². The van der Waals surface area contributed by atoms with E-state index in [0.717, 1.165) is 24.2 Å². The topological polar surface area (TPSA) is 64.3 Å². The van der Waals surface area contributed by atoms with Gasteiger partial charge < -0.3 is 5.11 Å². The van der Waals surface area contributed by atoms with Crippen LogP contribution in [-0.2, 0) is 17.8 Å². The third-order valence-electron chi connectivity index (χ3n) is 3.41. The molecule has 0 unspecified atom stereocenters. The van der Waals surface area contributed by atoms with E-state index in [-0.39, 0.29) is 6.42 Å². The van der Waals surface area contributed by atoms with E-state index in [1.807, 2.05) is 24.3 Å². The lowest BCUT2D eigenvalue weighted by atomic mass is 10.0. The Bertz CT molecular complexity index is 489. The predicted octanol–water partition coefficient (Wildman–Crippen LogP) is 2.19. The second-order valence-corrected chi connectivity index (χ2v) is 4.95. The summed E-state index contributed by atoms with van der Waals surface area (Å²) in [4.78, 5) is 13.2. The average molecular weight is 258 g/mol. The summed E-state index contributed by atoms with van der Waals surface area (Å²) in [6.45, 7) is 1.51. The second-order valence-electron chi connectivity index (χ2n) is 4.95. The van der Waals surface area contributed by atoms with Crippen molar-refractivity contribution < 1.29 is 9.90 Å². The molecule has 0 spiro atoms. The Hall–Kier alpha value is -1.86. The standard InChI is InChI=1S/C15H18N2O2/c16-8-3-9-17(14-6-7-14)11-13-5-2-1-4-12(13)10-15(18)19/h1-2,4-5,14H,3,6-7,9-11H2,(H,18,19). The molecule has 4 heteroatoms. The molecule has 0 bridgehead atoms. The minimum atomic E-state index is -0.803. The lowest BCUT2D eigenvalue weighted by Gasteiger charge is -2.22. The number of aliphatic carboxylic acids is 1. The molecule has 1 aromatic rings. The molecule has 0 amide bonds. The highest BCUT2D eigenvalue weighted by atomic mass is 16.4. The zero-order valence-corrected chi connectivity index (χ0v) is 10.9. The first-order valence-corrected chi connectivity index (χ1v) is 6.60. The maximum atomic E-state index is 10.9. The second kappa shape index (κ2) is 6.35. The molecular formula is C15H18N2O2. The molecule has 0 atom stereocenters. The van der Waals surface area contributed by atoms with Crippen LogP contribution in [0.4, 0.5) is 0 Å². The van der Waals surface area contributed by atoms with Crippen LogP contribution in [-0.4, -0.2) is 28.6 Å². The summed E-state index contributed by atoms with van der Waals surface area (Å²) in [5.74, 6) is -0.803. The number of hydrogen-bond acceptors (Lipinski definition) is 3. The summed E-state index contributed by atoms with van der Waals surface area (Å²) in [6.07, 6.45) is 2.96. The number of hydrogen-bond donors (Lipinski definition) is 1. The van der Waals surface area contributed by atoms with Gasteiger partial charge in [0.05, 0.1) is 12.5 Å². The van der Waals surface area contributed by atoms with E-state index in [1.165, 1.54) is 12.8 Å². The zero-order valence-electron chi connectivity index (χ0n) is 10.9. The average Bonchev–Trinajstić information content (AvgIpc) is 3.20. The van der Waals surface area contributed by atoms with Gasteiger partial charge in [0.1, 0.15) is 0 Å². The Labute approximate surface area is 113 Å². The molecule has 1 aliphatic carbocycles. The number of carboxylic acid groups (broad SMARTS) is 1. The van der Waals surface area contributed by atoms with E-state index < -0.39 is 5.97 Å². The van der Waals surface area contributed by atoms with Crippen LogP contribution in [0, 0.1) is 11.3 Å². The molecule has 0 heterocycles. The molecule has 1 aliphatic rings. The number of carbonyl (C=O) groups is 1. The lowest BCUT2D eigenvalue weighted by Crippen LogP contribution is -2.27. The highest BCUT2D eigenvalue weighted by Gasteiger charge is 2.28. The predicted molar refractivity (Wildman–Crippen MR) is 71.4 cm³/mol. The van der Waals surface area contributed by atoms with E-state index in [1.54, 1.807) is 0 Å². The van der Waals surface area contributed by atoms with E-state index in [9.17, 15) is 4.79 Å². The van der Waals surface area contributed by atoms with Crippen molar-refractivity contribution in [1.29, 1.82) is 5.26 Å². The van der Waals surface area contributed by atoms with Crippen molar-refractivity contribution in [3.05, 3.63) is 35.4 Å². The van der Waals surface area contributed by atoms with Crippen molar-refractivity contribution in [2.75, 3.05) is 6.54 Å². The maximum absolute atomic E-state index is 10.9. The Morgan fingerprint density at radius 2 is 2.05 bits per heavy atom. The monoisotopic (exact) mass is 258 g/mol. The summed E-state index contributed by atoms with van der Waals surface area (Å²) >= 11 is 0. The van der Waals surface area contributed by atoms with E-state index in [2.05, 4.69) is 11.0 Å². The van der Waals surface area contributed by atoms with Crippen LogP contribution in [0.3, 0.4) is 0 Å². The molecule has 100 valence electrons. The summed E-state index contributed by atoms with van der Waals surface area (Å²) < 4.78 is 0. The van der Waals surface area contributed by atoms with Crippen LogP contribution in [0.5, 0.6) is 0 Å². The summed E-state index contributed by atoms with van der Waals surface area (Å²) in [5.41, 5.74) is 1.94. The van der Waals surface area contributed by atoms with Crippen LogP contribution >= 0.6 is 0 Å². The Balaban J connectivity index is 2.07. The van der Waals surface area contributed by atoms with Crippen LogP contribution < -0.4 is 0 Å². The van der Waals surface area contributed by atoms with Crippen molar-refractivity contribution >= 4 is 5.97 Å². The van der Waals surface area contributed by atoms with Gasteiger partial charge in [-0.3, -0.25) is 9.69 Å². The van der Waals surface area contributed by atoms with Gasteiger partial charge in [0, 0.05) is 25.6 Å². The minimum Gasteiger partial charge on any atom is -0.481 e. The number of nitriles is 1. The lowest BCUT2D eigenvalue weighted by molar-refractivity contribution is -0.136. The van der Waals surface area contributed by atoms with Crippen molar-refractivity contribution in [3.63, 3.8) is 0 Å². The smallest absolute Gasteiger partial charge is 0.307 e. The van der Waals surface area contributed by atoms with Crippen LogP contribution in [0.2, 0.25) is 0 Å². The SMILES string of the molecule is N#CCCN(Cc1ccccc1CC(=O)O)C1CC1. The fraction of sp³-hybridized carbons (Fsp3) is 0.467. The highest BCUT2D eigenvalue weighted by Crippen LogP contribution is 2.29. The Morgan fingerprint density at radius 1 is 1.37 bits per heavy atom. The van der Waals surface area contributed by atoms with Crippen molar-refractivity contribution in [3.8, 4) is 6.07 Å². The molecule has 1 N–H and O–H groups in total. The maximum Gasteiger partial charge on any atom is 0.307 e. The third kappa shape index (κ3) is 4.08. The van der Waals surface area contributed by atoms with E-state index in [0.29, 0.717) is 12.5 Å². The normalized spacial score (nSPS) is 14.3. The van der Waals surface area contributed by atoms with Crippen molar-refractivity contribution in [1.82, 2.24) is 4.90 Å². The fourth-order valence-electron chi connectivity index (χ4n) is 2.29. The molecule has 0 saturated heterocycles. The first kappa shape index (κ1) is 13.6. The Morgan fingerprint density at radius 3 is 2.63 bits per heavy atom. The quantitative estimate of drug-likeness (QED) is 0.814. The third-order valence-corrected chi connectivity index (χ3v) is 3.41. The van der Waals surface area contributed by atoms with Crippen LogP contribution in [0.1, 0.15) is 30.4 Å². The van der Waals surface area contributed by atoms with Crippen LogP contribution in [0.15, 0.2) is 24.3 Å². The molecule has 1 saturated carbocycles. The molecule has 4 nitrogen and oxygen atoms in total. The van der Waals surface area contributed by atoms with Gasteiger partial charge in [-0.2, -0.15) is 5.26 Å². The fourth-order valence-corrected chi connectivity index (χ4v) is 2.29. The van der Waals surface area contributed by atoms with Gasteiger partial charge in [0.2, 0.25) is 0 Å². The summed E-state index contributed by atoms with van der Waals surface area (Å²) in [5, 5.41) is 17.6. The molecular weight excluding hydrogens is 240 g/mol. The van der Waals surface area contributed by atoms with Gasteiger partial charge >= 0.3 is 5.97 Å². The molecule has 1 aromatic carbocycles. The highest BCUT2D eigenvalue weighted by molar-refractivity contribution is 5.70.